The number of carbonyl (C=O) groups excluding carboxylic acids is 1. The van der Waals surface area contributed by atoms with E-state index in [1.807, 2.05) is 24.3 Å². The van der Waals surface area contributed by atoms with Crippen molar-refractivity contribution in [3.8, 4) is 0 Å². The molecular formula is C19H26BrNO4S. The minimum Gasteiger partial charge on any atom is -0.381 e. The van der Waals surface area contributed by atoms with Crippen LogP contribution >= 0.6 is 15.9 Å². The highest BCUT2D eigenvalue weighted by Crippen LogP contribution is 2.38. The van der Waals surface area contributed by atoms with Gasteiger partial charge in [0.2, 0.25) is 5.91 Å². The first kappa shape index (κ1) is 19.8. The maximum absolute atomic E-state index is 13.6. The van der Waals surface area contributed by atoms with Gasteiger partial charge in [-0.05, 0) is 50.8 Å². The van der Waals surface area contributed by atoms with Gasteiger partial charge in [-0.2, -0.15) is 0 Å². The van der Waals surface area contributed by atoms with E-state index in [0.717, 1.165) is 10.0 Å². The molecule has 2 fully saturated rings. The van der Waals surface area contributed by atoms with Crippen LogP contribution in [-0.4, -0.2) is 56.0 Å². The van der Waals surface area contributed by atoms with Gasteiger partial charge in [-0.25, -0.2) is 8.42 Å². The Kier molecular flexibility index (Phi) is 5.53. The molecule has 5 nitrogen and oxygen atoms in total. The molecule has 1 amide bonds. The van der Waals surface area contributed by atoms with Crippen LogP contribution in [0.25, 0.3) is 0 Å². The number of rotatable bonds is 2. The fourth-order valence-corrected chi connectivity index (χ4v) is 5.48. The summed E-state index contributed by atoms with van der Waals surface area (Å²) in [5, 5.41) is 0. The van der Waals surface area contributed by atoms with Crippen LogP contribution in [0.15, 0.2) is 28.7 Å². The molecule has 0 aliphatic carbocycles. The second-order valence-electron chi connectivity index (χ2n) is 7.82. The van der Waals surface area contributed by atoms with Crippen molar-refractivity contribution in [1.29, 1.82) is 0 Å². The van der Waals surface area contributed by atoms with Crippen LogP contribution in [0.2, 0.25) is 0 Å². The molecule has 7 heteroatoms. The third-order valence-corrected chi connectivity index (χ3v) is 9.03. The summed E-state index contributed by atoms with van der Waals surface area (Å²) in [5.74, 6) is 0.0644. The zero-order chi connectivity index (χ0) is 19.0. The minimum atomic E-state index is -3.21. The van der Waals surface area contributed by atoms with E-state index in [0.29, 0.717) is 39.0 Å². The Morgan fingerprint density at radius 1 is 1.08 bits per heavy atom. The van der Waals surface area contributed by atoms with Gasteiger partial charge in [0, 0.05) is 30.8 Å². The molecule has 3 rings (SSSR count). The average Bonchev–Trinajstić information content (AvgIpc) is 2.72. The molecule has 1 aromatic rings. The standard InChI is InChI=1S/C19H26BrNO4S/c1-18(2)7-10-21(11-14-26(18,23)24)17(22)19(8-12-25-13-9-19)15-3-5-16(20)6-4-15/h3-6H,7-14H2,1-2H3. The molecule has 0 atom stereocenters. The Labute approximate surface area is 164 Å². The molecule has 0 bridgehead atoms. The number of ether oxygens (including phenoxy) is 1. The van der Waals surface area contributed by atoms with E-state index in [4.69, 9.17) is 4.74 Å². The summed E-state index contributed by atoms with van der Waals surface area (Å²) in [6, 6.07) is 7.89. The summed E-state index contributed by atoms with van der Waals surface area (Å²) in [5.41, 5.74) is 0.359. The van der Waals surface area contributed by atoms with Crippen LogP contribution in [0.3, 0.4) is 0 Å². The fourth-order valence-electron chi connectivity index (χ4n) is 3.80. The Bertz CT molecular complexity index is 767. The van der Waals surface area contributed by atoms with E-state index >= 15 is 0 Å². The summed E-state index contributed by atoms with van der Waals surface area (Å²) >= 11 is 3.45. The number of nitrogens with zero attached hydrogens (tertiary/aromatic N) is 1. The monoisotopic (exact) mass is 443 g/mol. The van der Waals surface area contributed by atoms with Gasteiger partial charge < -0.3 is 9.64 Å². The topological polar surface area (TPSA) is 63.7 Å². The van der Waals surface area contributed by atoms with Gasteiger partial charge in [0.05, 0.1) is 15.9 Å². The molecule has 0 radical (unpaired) electrons. The number of amides is 1. The normalized spacial score (nSPS) is 24.7. The van der Waals surface area contributed by atoms with Gasteiger partial charge in [-0.15, -0.1) is 0 Å². The van der Waals surface area contributed by atoms with Crippen molar-refractivity contribution in [2.75, 3.05) is 32.1 Å². The zero-order valence-electron chi connectivity index (χ0n) is 15.3. The predicted molar refractivity (Wildman–Crippen MR) is 105 cm³/mol. The third kappa shape index (κ3) is 3.58. The largest absolute Gasteiger partial charge is 0.381 e. The van der Waals surface area contributed by atoms with E-state index in [-0.39, 0.29) is 18.2 Å². The molecule has 0 spiro atoms. The number of benzene rings is 1. The molecule has 0 unspecified atom stereocenters. The molecule has 144 valence electrons. The lowest BCUT2D eigenvalue weighted by atomic mass is 9.73. The molecule has 26 heavy (non-hydrogen) atoms. The van der Waals surface area contributed by atoms with Gasteiger partial charge in [-0.1, -0.05) is 28.1 Å². The summed E-state index contributed by atoms with van der Waals surface area (Å²) < 4.78 is 30.7. The maximum atomic E-state index is 13.6. The van der Waals surface area contributed by atoms with Gasteiger partial charge in [0.25, 0.3) is 0 Å². The van der Waals surface area contributed by atoms with E-state index in [1.54, 1.807) is 18.7 Å². The van der Waals surface area contributed by atoms with E-state index in [1.165, 1.54) is 0 Å². The molecule has 2 heterocycles. The second kappa shape index (κ2) is 7.24. The average molecular weight is 444 g/mol. The van der Waals surface area contributed by atoms with E-state index in [9.17, 15) is 13.2 Å². The smallest absolute Gasteiger partial charge is 0.233 e. The Hall–Kier alpha value is -0.920. The highest BCUT2D eigenvalue weighted by atomic mass is 79.9. The lowest BCUT2D eigenvalue weighted by molar-refractivity contribution is -0.141. The summed E-state index contributed by atoms with van der Waals surface area (Å²) in [6.45, 7) is 5.34. The van der Waals surface area contributed by atoms with Crippen molar-refractivity contribution in [3.63, 3.8) is 0 Å². The van der Waals surface area contributed by atoms with Gasteiger partial charge in [-0.3, -0.25) is 4.79 Å². The Balaban J connectivity index is 1.92. The molecule has 2 aliphatic rings. The van der Waals surface area contributed by atoms with Crippen LogP contribution in [-0.2, 0) is 24.8 Å². The molecule has 2 aliphatic heterocycles. The zero-order valence-corrected chi connectivity index (χ0v) is 17.7. The fraction of sp³-hybridized carbons (Fsp3) is 0.632. The summed E-state index contributed by atoms with van der Waals surface area (Å²) in [4.78, 5) is 15.4. The number of sulfone groups is 1. The second-order valence-corrected chi connectivity index (χ2v) is 11.5. The van der Waals surface area contributed by atoms with Gasteiger partial charge in [0.1, 0.15) is 0 Å². The number of carbonyl (C=O) groups is 1. The highest BCUT2D eigenvalue weighted by Gasteiger charge is 2.46. The van der Waals surface area contributed by atoms with E-state index < -0.39 is 20.0 Å². The third-order valence-electron chi connectivity index (χ3n) is 5.90. The van der Waals surface area contributed by atoms with Gasteiger partial charge >= 0.3 is 0 Å². The lowest BCUT2D eigenvalue weighted by Gasteiger charge is -2.40. The molecule has 1 aromatic carbocycles. The molecule has 2 saturated heterocycles. The van der Waals surface area contributed by atoms with Crippen molar-refractivity contribution in [3.05, 3.63) is 34.3 Å². The molecule has 0 N–H and O–H groups in total. The van der Waals surface area contributed by atoms with Crippen LogP contribution in [0.4, 0.5) is 0 Å². The first-order chi connectivity index (χ1) is 12.2. The first-order valence-corrected chi connectivity index (χ1v) is 11.5. The van der Waals surface area contributed by atoms with Crippen LogP contribution in [0.1, 0.15) is 38.7 Å². The maximum Gasteiger partial charge on any atom is 0.233 e. The Morgan fingerprint density at radius 2 is 1.69 bits per heavy atom. The SMILES string of the molecule is CC1(C)CCN(C(=O)C2(c3ccc(Br)cc3)CCOCC2)CCS1(=O)=O. The van der Waals surface area contributed by atoms with E-state index in [2.05, 4.69) is 15.9 Å². The summed E-state index contributed by atoms with van der Waals surface area (Å²) in [6.07, 6.45) is 1.72. The van der Waals surface area contributed by atoms with Crippen molar-refractivity contribution in [2.45, 2.75) is 43.3 Å². The number of hydrogen-bond acceptors (Lipinski definition) is 4. The van der Waals surface area contributed by atoms with Crippen molar-refractivity contribution < 1.29 is 17.9 Å². The number of hydrogen-bond donors (Lipinski definition) is 0. The quantitative estimate of drug-likeness (QED) is 0.704. The first-order valence-electron chi connectivity index (χ1n) is 9.03. The molecule has 0 aromatic heterocycles. The lowest BCUT2D eigenvalue weighted by Crippen LogP contribution is -2.50. The summed E-state index contributed by atoms with van der Waals surface area (Å²) in [7, 11) is -3.21. The molecule has 0 saturated carbocycles. The highest BCUT2D eigenvalue weighted by molar-refractivity contribution is 9.10. The Morgan fingerprint density at radius 3 is 2.31 bits per heavy atom. The van der Waals surface area contributed by atoms with Crippen LogP contribution in [0, 0.1) is 0 Å². The van der Waals surface area contributed by atoms with Crippen molar-refractivity contribution in [1.82, 2.24) is 4.90 Å². The predicted octanol–water partition coefficient (Wildman–Crippen LogP) is 2.92. The molecular weight excluding hydrogens is 418 g/mol. The van der Waals surface area contributed by atoms with Crippen molar-refractivity contribution in [2.24, 2.45) is 0 Å². The van der Waals surface area contributed by atoms with Gasteiger partial charge in [0.15, 0.2) is 9.84 Å². The van der Waals surface area contributed by atoms with Crippen LogP contribution < -0.4 is 0 Å². The van der Waals surface area contributed by atoms with Crippen molar-refractivity contribution >= 4 is 31.7 Å². The van der Waals surface area contributed by atoms with Crippen LogP contribution in [0.5, 0.6) is 0 Å². The number of halogens is 1. The minimum absolute atomic E-state index is 0.0264.